The van der Waals surface area contributed by atoms with Crippen LogP contribution in [0.15, 0.2) is 10.5 Å². The van der Waals surface area contributed by atoms with Gasteiger partial charge in [-0.25, -0.2) is 0 Å². The van der Waals surface area contributed by atoms with E-state index >= 15 is 0 Å². The van der Waals surface area contributed by atoms with Crippen LogP contribution in [-0.4, -0.2) is 5.75 Å². The molecule has 1 rings (SSSR count). The molecule has 0 amide bonds. The first-order valence-electron chi connectivity index (χ1n) is 3.54. The Hall–Kier alpha value is 0.0900. The van der Waals surface area contributed by atoms with Gasteiger partial charge in [0.2, 0.25) is 0 Å². The topological polar surface area (TPSA) is 0 Å². The second-order valence-electron chi connectivity index (χ2n) is 2.83. The van der Waals surface area contributed by atoms with Gasteiger partial charge in [0, 0.05) is 5.75 Å². The Morgan fingerprint density at radius 2 is 2.11 bits per heavy atom. The van der Waals surface area contributed by atoms with Crippen molar-refractivity contribution in [2.45, 2.75) is 27.2 Å². The quantitative estimate of drug-likeness (QED) is 0.542. The van der Waals surface area contributed by atoms with Crippen LogP contribution < -0.4 is 0 Å². The highest BCUT2D eigenvalue weighted by atomic mass is 32.2. The molecule has 0 saturated carbocycles. The Labute approximate surface area is 61.7 Å². The average molecular weight is 142 g/mol. The van der Waals surface area contributed by atoms with E-state index in [1.54, 1.807) is 10.5 Å². The molecule has 1 aliphatic rings. The van der Waals surface area contributed by atoms with Crippen LogP contribution in [0.25, 0.3) is 0 Å². The van der Waals surface area contributed by atoms with Crippen molar-refractivity contribution in [2.75, 3.05) is 5.75 Å². The molecule has 0 aromatic heterocycles. The number of allylic oxidation sites excluding steroid dienone is 2. The van der Waals surface area contributed by atoms with E-state index < -0.39 is 0 Å². The van der Waals surface area contributed by atoms with Crippen molar-refractivity contribution < 1.29 is 0 Å². The minimum absolute atomic E-state index is 0.778. The van der Waals surface area contributed by atoms with E-state index in [-0.39, 0.29) is 0 Å². The van der Waals surface area contributed by atoms with Gasteiger partial charge in [0.15, 0.2) is 0 Å². The largest absolute Gasteiger partial charge is 0.131 e. The molecule has 0 N–H and O–H groups in total. The van der Waals surface area contributed by atoms with E-state index in [4.69, 9.17) is 0 Å². The zero-order chi connectivity index (χ0) is 6.85. The van der Waals surface area contributed by atoms with Gasteiger partial charge in [0.05, 0.1) is 0 Å². The van der Waals surface area contributed by atoms with Crippen molar-refractivity contribution in [3.05, 3.63) is 10.5 Å². The Balaban J connectivity index is 2.66. The summed E-state index contributed by atoms with van der Waals surface area (Å²) in [5, 5.41) is 0. The Morgan fingerprint density at radius 3 is 2.33 bits per heavy atom. The first-order chi connectivity index (χ1) is 4.22. The van der Waals surface area contributed by atoms with Gasteiger partial charge in [-0.05, 0) is 24.2 Å². The molecular formula is C8H14S. The highest BCUT2D eigenvalue weighted by Crippen LogP contribution is 2.34. The van der Waals surface area contributed by atoms with Gasteiger partial charge in [-0.2, -0.15) is 0 Å². The fourth-order valence-electron chi connectivity index (χ4n) is 1.28. The van der Waals surface area contributed by atoms with E-state index in [1.165, 1.54) is 12.2 Å². The average Bonchev–Trinajstić information content (AvgIpc) is 2.13. The first-order valence-corrected chi connectivity index (χ1v) is 4.53. The molecule has 0 aliphatic carbocycles. The highest BCUT2D eigenvalue weighted by Gasteiger charge is 2.13. The smallest absolute Gasteiger partial charge is 0.00144 e. The molecule has 0 atom stereocenters. The maximum absolute atomic E-state index is 2.28. The Kier molecular flexibility index (Phi) is 2.23. The molecule has 0 nitrogen and oxygen atoms in total. The normalized spacial score (nSPS) is 20.0. The van der Waals surface area contributed by atoms with Gasteiger partial charge in [-0.3, -0.25) is 0 Å². The summed E-state index contributed by atoms with van der Waals surface area (Å²) in [6, 6.07) is 0. The molecule has 0 aromatic rings. The van der Waals surface area contributed by atoms with Gasteiger partial charge in [-0.1, -0.05) is 19.4 Å². The van der Waals surface area contributed by atoms with Crippen LogP contribution in [0, 0.1) is 5.92 Å². The minimum atomic E-state index is 0.778. The lowest BCUT2D eigenvalue weighted by Gasteiger charge is -2.05. The SMILES string of the molecule is CC1=C(C(C)C)CCS1. The van der Waals surface area contributed by atoms with Crippen molar-refractivity contribution in [1.29, 1.82) is 0 Å². The lowest BCUT2D eigenvalue weighted by Crippen LogP contribution is -1.91. The summed E-state index contributed by atoms with van der Waals surface area (Å²) in [6.07, 6.45) is 1.33. The van der Waals surface area contributed by atoms with E-state index in [1.807, 2.05) is 11.8 Å². The Morgan fingerprint density at radius 1 is 1.44 bits per heavy atom. The van der Waals surface area contributed by atoms with Crippen molar-refractivity contribution in [2.24, 2.45) is 5.92 Å². The molecule has 0 bridgehead atoms. The van der Waals surface area contributed by atoms with Gasteiger partial charge in [0.1, 0.15) is 0 Å². The third-order valence-electron chi connectivity index (χ3n) is 1.84. The van der Waals surface area contributed by atoms with E-state index in [0.717, 1.165) is 5.92 Å². The zero-order valence-electron chi connectivity index (χ0n) is 6.40. The summed E-state index contributed by atoms with van der Waals surface area (Å²) in [5.41, 5.74) is 1.68. The van der Waals surface area contributed by atoms with Gasteiger partial charge in [-0.15, -0.1) is 11.8 Å². The molecule has 0 spiro atoms. The number of thioether (sulfide) groups is 1. The molecule has 1 heteroatoms. The summed E-state index contributed by atoms with van der Waals surface area (Å²) >= 11 is 2.01. The van der Waals surface area contributed by atoms with Crippen LogP contribution in [0.3, 0.4) is 0 Å². The third kappa shape index (κ3) is 1.51. The summed E-state index contributed by atoms with van der Waals surface area (Å²) in [6.45, 7) is 6.81. The molecule has 0 radical (unpaired) electrons. The lowest BCUT2D eigenvalue weighted by atomic mass is 10.0. The fourth-order valence-corrected chi connectivity index (χ4v) is 2.43. The molecule has 0 fully saturated rings. The lowest BCUT2D eigenvalue weighted by molar-refractivity contribution is 0.736. The van der Waals surface area contributed by atoms with Crippen molar-refractivity contribution in [3.8, 4) is 0 Å². The third-order valence-corrected chi connectivity index (χ3v) is 2.94. The number of rotatable bonds is 1. The standard InChI is InChI=1S/C8H14S/c1-6(2)8-4-5-9-7(8)3/h6H,4-5H2,1-3H3. The molecule has 52 valence electrons. The van der Waals surface area contributed by atoms with E-state index in [9.17, 15) is 0 Å². The summed E-state index contributed by atoms with van der Waals surface area (Å²) in [5.74, 6) is 2.10. The minimum Gasteiger partial charge on any atom is -0.131 e. The predicted molar refractivity (Wildman–Crippen MR) is 44.6 cm³/mol. The van der Waals surface area contributed by atoms with Crippen LogP contribution in [0.5, 0.6) is 0 Å². The Bertz CT molecular complexity index is 134. The molecule has 0 aromatic carbocycles. The first kappa shape index (κ1) is 7.20. The maximum Gasteiger partial charge on any atom is 0.00144 e. The van der Waals surface area contributed by atoms with Crippen molar-refractivity contribution in [1.82, 2.24) is 0 Å². The van der Waals surface area contributed by atoms with E-state index in [2.05, 4.69) is 20.8 Å². The van der Waals surface area contributed by atoms with Gasteiger partial charge < -0.3 is 0 Å². The predicted octanol–water partition coefficient (Wildman–Crippen LogP) is 3.05. The zero-order valence-corrected chi connectivity index (χ0v) is 7.22. The summed E-state index contributed by atoms with van der Waals surface area (Å²) < 4.78 is 0. The summed E-state index contributed by atoms with van der Waals surface area (Å²) in [4.78, 5) is 1.57. The molecule has 1 heterocycles. The molecule has 0 saturated heterocycles. The highest BCUT2D eigenvalue weighted by molar-refractivity contribution is 8.03. The second kappa shape index (κ2) is 2.78. The van der Waals surface area contributed by atoms with Crippen molar-refractivity contribution >= 4 is 11.8 Å². The number of hydrogen-bond acceptors (Lipinski definition) is 1. The van der Waals surface area contributed by atoms with Gasteiger partial charge in [0.25, 0.3) is 0 Å². The molecule has 0 unspecified atom stereocenters. The molecular weight excluding hydrogens is 128 g/mol. The van der Waals surface area contributed by atoms with Crippen LogP contribution in [0.1, 0.15) is 27.2 Å². The maximum atomic E-state index is 2.28. The van der Waals surface area contributed by atoms with Crippen LogP contribution in [0.2, 0.25) is 0 Å². The van der Waals surface area contributed by atoms with Crippen LogP contribution >= 0.6 is 11.8 Å². The van der Waals surface area contributed by atoms with Crippen LogP contribution in [-0.2, 0) is 0 Å². The monoisotopic (exact) mass is 142 g/mol. The number of hydrogen-bond donors (Lipinski definition) is 0. The summed E-state index contributed by atoms with van der Waals surface area (Å²) in [7, 11) is 0. The van der Waals surface area contributed by atoms with E-state index in [0.29, 0.717) is 0 Å². The van der Waals surface area contributed by atoms with Crippen LogP contribution in [0.4, 0.5) is 0 Å². The molecule has 1 aliphatic heterocycles. The second-order valence-corrected chi connectivity index (χ2v) is 4.14. The fraction of sp³-hybridized carbons (Fsp3) is 0.750. The van der Waals surface area contributed by atoms with Gasteiger partial charge >= 0.3 is 0 Å². The van der Waals surface area contributed by atoms with Crippen molar-refractivity contribution in [3.63, 3.8) is 0 Å². The molecule has 9 heavy (non-hydrogen) atoms.